The van der Waals surface area contributed by atoms with E-state index in [0.717, 1.165) is 30.5 Å². The third-order valence-electron chi connectivity index (χ3n) is 6.76. The van der Waals surface area contributed by atoms with E-state index >= 15 is 0 Å². The Morgan fingerprint density at radius 3 is 2.47 bits per heavy atom. The first kappa shape index (κ1) is 25.7. The molecule has 4 rings (SSSR count). The number of nitrogens with zero attached hydrogens (tertiary/aromatic N) is 3. The van der Waals surface area contributed by atoms with Crippen LogP contribution in [-0.2, 0) is 24.7 Å². The Labute approximate surface area is 215 Å². The molecule has 0 aliphatic carbocycles. The monoisotopic (exact) mass is 512 g/mol. The second-order valence-electron chi connectivity index (χ2n) is 8.95. The molecule has 7 nitrogen and oxygen atoms in total. The number of rotatable bonds is 7. The number of likely N-dealkylation sites (tertiary alicyclic amines) is 1. The lowest BCUT2D eigenvalue weighted by atomic mass is 9.89. The van der Waals surface area contributed by atoms with Crippen molar-refractivity contribution in [3.63, 3.8) is 0 Å². The summed E-state index contributed by atoms with van der Waals surface area (Å²) >= 11 is 6.14. The van der Waals surface area contributed by atoms with Gasteiger partial charge < -0.3 is 15.0 Å². The average molecular weight is 513 g/mol. The molecule has 190 valence electrons. The SMILES string of the molecule is CCc1cc(C(=O)Nc2ccc(C3CCN(C(=O)Cc4c(Cl)ccc(OC)c4F)CC3)cc2)nn1C. The zero-order valence-corrected chi connectivity index (χ0v) is 21.4. The molecule has 1 saturated heterocycles. The number of methoxy groups -OCH3 is 1. The van der Waals surface area contributed by atoms with Crippen LogP contribution >= 0.6 is 11.6 Å². The highest BCUT2D eigenvalue weighted by molar-refractivity contribution is 6.31. The van der Waals surface area contributed by atoms with E-state index in [-0.39, 0.29) is 34.6 Å². The standard InChI is InChI=1S/C27H30ClFN4O3/c1-4-20-15-23(31-32(20)2)27(35)30-19-7-5-17(6-8-19)18-11-13-33(14-12-18)25(34)16-21-22(28)9-10-24(36-3)26(21)29/h5-10,15,18H,4,11-14,16H2,1-3H3,(H,30,35). The van der Waals surface area contributed by atoms with Crippen LogP contribution in [0.15, 0.2) is 42.5 Å². The molecule has 2 aromatic carbocycles. The quantitative estimate of drug-likeness (QED) is 0.484. The number of carbonyl (C=O) groups is 2. The van der Waals surface area contributed by atoms with Gasteiger partial charge in [0.1, 0.15) is 0 Å². The van der Waals surface area contributed by atoms with E-state index in [2.05, 4.69) is 10.4 Å². The molecule has 1 aromatic heterocycles. The number of aromatic nitrogens is 2. The average Bonchev–Trinajstić information content (AvgIpc) is 3.28. The Bertz CT molecular complexity index is 1250. The Morgan fingerprint density at radius 1 is 1.17 bits per heavy atom. The van der Waals surface area contributed by atoms with Crippen LogP contribution in [0.5, 0.6) is 5.75 Å². The summed E-state index contributed by atoms with van der Waals surface area (Å²) in [5.41, 5.74) is 3.42. The molecule has 9 heteroatoms. The second kappa shape index (κ2) is 11.1. The molecule has 0 unspecified atom stereocenters. The van der Waals surface area contributed by atoms with Crippen LogP contribution in [-0.4, -0.2) is 46.7 Å². The molecule has 2 amide bonds. The van der Waals surface area contributed by atoms with E-state index in [1.54, 1.807) is 21.7 Å². The van der Waals surface area contributed by atoms with Crippen molar-refractivity contribution in [2.24, 2.45) is 7.05 Å². The number of amides is 2. The van der Waals surface area contributed by atoms with E-state index in [1.807, 2.05) is 38.2 Å². The van der Waals surface area contributed by atoms with Gasteiger partial charge in [-0.25, -0.2) is 4.39 Å². The van der Waals surface area contributed by atoms with Crippen molar-refractivity contribution in [2.45, 2.75) is 38.5 Å². The summed E-state index contributed by atoms with van der Waals surface area (Å²) in [7, 11) is 3.21. The number of benzene rings is 2. The second-order valence-corrected chi connectivity index (χ2v) is 9.36. The zero-order valence-electron chi connectivity index (χ0n) is 20.7. The first-order valence-corrected chi connectivity index (χ1v) is 12.4. The van der Waals surface area contributed by atoms with Crippen molar-refractivity contribution < 1.29 is 18.7 Å². The number of anilines is 1. The molecule has 1 fully saturated rings. The fourth-order valence-corrected chi connectivity index (χ4v) is 4.82. The van der Waals surface area contributed by atoms with E-state index in [9.17, 15) is 14.0 Å². The Hall–Kier alpha value is -3.39. The number of hydrogen-bond donors (Lipinski definition) is 1. The molecule has 0 bridgehead atoms. The normalized spacial score (nSPS) is 14.1. The van der Waals surface area contributed by atoms with E-state index in [1.165, 1.54) is 13.2 Å². The molecule has 0 spiro atoms. The molecule has 0 atom stereocenters. The number of piperidine rings is 1. The predicted octanol–water partition coefficient (Wildman–Crippen LogP) is 4.98. The van der Waals surface area contributed by atoms with Crippen LogP contribution in [0.3, 0.4) is 0 Å². The lowest BCUT2D eigenvalue weighted by Crippen LogP contribution is -2.39. The minimum absolute atomic E-state index is 0.0753. The van der Waals surface area contributed by atoms with Gasteiger partial charge in [-0.1, -0.05) is 30.7 Å². The van der Waals surface area contributed by atoms with Gasteiger partial charge in [-0.05, 0) is 61.1 Å². The minimum Gasteiger partial charge on any atom is -0.494 e. The number of hydrogen-bond acceptors (Lipinski definition) is 4. The van der Waals surface area contributed by atoms with Gasteiger partial charge in [0.25, 0.3) is 5.91 Å². The molecule has 3 aromatic rings. The molecule has 36 heavy (non-hydrogen) atoms. The summed E-state index contributed by atoms with van der Waals surface area (Å²) in [5.74, 6) is -0.599. The minimum atomic E-state index is -0.589. The van der Waals surface area contributed by atoms with Gasteiger partial charge in [0, 0.05) is 42.1 Å². The number of carbonyl (C=O) groups excluding carboxylic acids is 2. The largest absolute Gasteiger partial charge is 0.494 e. The van der Waals surface area contributed by atoms with Crippen LogP contribution in [0.4, 0.5) is 10.1 Å². The molecular weight excluding hydrogens is 483 g/mol. The van der Waals surface area contributed by atoms with Crippen LogP contribution in [0.1, 0.15) is 53.0 Å². The van der Waals surface area contributed by atoms with Crippen molar-refractivity contribution in [2.75, 3.05) is 25.5 Å². The van der Waals surface area contributed by atoms with Crippen molar-refractivity contribution in [1.29, 1.82) is 0 Å². The first-order valence-electron chi connectivity index (χ1n) is 12.0. The molecule has 1 aliphatic heterocycles. The molecule has 2 heterocycles. The van der Waals surface area contributed by atoms with Gasteiger partial charge in [-0.2, -0.15) is 5.10 Å². The summed E-state index contributed by atoms with van der Waals surface area (Å²) in [5, 5.41) is 7.39. The Kier molecular flexibility index (Phi) is 7.94. The molecule has 0 saturated carbocycles. The van der Waals surface area contributed by atoms with Crippen molar-refractivity contribution in [3.8, 4) is 5.75 Å². The number of aryl methyl sites for hydroxylation is 2. The maximum Gasteiger partial charge on any atom is 0.276 e. The van der Waals surface area contributed by atoms with E-state index in [4.69, 9.17) is 16.3 Å². The van der Waals surface area contributed by atoms with Gasteiger partial charge in [0.05, 0.1) is 13.5 Å². The van der Waals surface area contributed by atoms with Gasteiger partial charge in [-0.15, -0.1) is 0 Å². The van der Waals surface area contributed by atoms with Crippen LogP contribution < -0.4 is 10.1 Å². The third-order valence-corrected chi connectivity index (χ3v) is 7.11. The summed E-state index contributed by atoms with van der Waals surface area (Å²) in [6, 6.07) is 12.6. The summed E-state index contributed by atoms with van der Waals surface area (Å²) < 4.78 is 21.3. The molecule has 0 radical (unpaired) electrons. The highest BCUT2D eigenvalue weighted by atomic mass is 35.5. The molecule has 1 aliphatic rings. The van der Waals surface area contributed by atoms with E-state index < -0.39 is 5.82 Å². The van der Waals surface area contributed by atoms with Crippen molar-refractivity contribution in [3.05, 3.63) is 75.8 Å². The van der Waals surface area contributed by atoms with Crippen LogP contribution in [0.25, 0.3) is 0 Å². The summed E-state index contributed by atoms with van der Waals surface area (Å²) in [6.45, 7) is 3.20. The third kappa shape index (κ3) is 5.54. The summed E-state index contributed by atoms with van der Waals surface area (Å²) in [4.78, 5) is 27.1. The number of nitrogens with one attached hydrogen (secondary N) is 1. The Morgan fingerprint density at radius 2 is 1.86 bits per heavy atom. The first-order chi connectivity index (χ1) is 17.3. The lowest BCUT2D eigenvalue weighted by molar-refractivity contribution is -0.131. The summed E-state index contributed by atoms with van der Waals surface area (Å²) in [6.07, 6.45) is 2.32. The Balaban J connectivity index is 1.32. The van der Waals surface area contributed by atoms with Gasteiger partial charge in [0.2, 0.25) is 5.91 Å². The van der Waals surface area contributed by atoms with Crippen molar-refractivity contribution in [1.82, 2.24) is 14.7 Å². The van der Waals surface area contributed by atoms with Crippen LogP contribution in [0, 0.1) is 5.82 Å². The smallest absolute Gasteiger partial charge is 0.276 e. The predicted molar refractivity (Wildman–Crippen MR) is 137 cm³/mol. The molecular formula is C27H30ClFN4O3. The zero-order chi connectivity index (χ0) is 25.8. The highest BCUT2D eigenvalue weighted by Gasteiger charge is 2.26. The maximum atomic E-state index is 14.6. The van der Waals surface area contributed by atoms with Gasteiger partial charge >= 0.3 is 0 Å². The fourth-order valence-electron chi connectivity index (χ4n) is 4.60. The topological polar surface area (TPSA) is 76.5 Å². The van der Waals surface area contributed by atoms with Gasteiger partial charge in [-0.3, -0.25) is 14.3 Å². The fraction of sp³-hybridized carbons (Fsp3) is 0.370. The molecule has 1 N–H and O–H groups in total. The van der Waals surface area contributed by atoms with E-state index in [0.29, 0.717) is 30.4 Å². The van der Waals surface area contributed by atoms with Crippen LogP contribution in [0.2, 0.25) is 5.02 Å². The van der Waals surface area contributed by atoms with Crippen molar-refractivity contribution >= 4 is 29.1 Å². The lowest BCUT2D eigenvalue weighted by Gasteiger charge is -2.32. The number of ether oxygens (including phenoxy) is 1. The number of halogens is 2. The highest BCUT2D eigenvalue weighted by Crippen LogP contribution is 2.31. The maximum absolute atomic E-state index is 14.6. The van der Waals surface area contributed by atoms with Gasteiger partial charge in [0.15, 0.2) is 17.3 Å².